The molecule has 0 radical (unpaired) electrons. The summed E-state index contributed by atoms with van der Waals surface area (Å²) < 4.78 is 16.4. The van der Waals surface area contributed by atoms with E-state index in [2.05, 4.69) is 25.4 Å². The van der Waals surface area contributed by atoms with Crippen LogP contribution in [0.25, 0.3) is 22.3 Å². The van der Waals surface area contributed by atoms with Crippen molar-refractivity contribution in [2.75, 3.05) is 11.1 Å². The standard InChI is InChI=1S/C24H20FN7/c25-19-12-5-4-11-18(19)21-20-22(26)32(15-16-8-2-1-3-9-16)31-23(20)30-24(29-21)28-14-17-10-6-7-13-27-17/h1-13H,14-15,26H2,(H,28,30,31). The number of rotatable bonds is 6. The number of nitrogens with two attached hydrogens (primary N) is 1. The molecule has 0 saturated carbocycles. The topological polar surface area (TPSA) is 94.5 Å². The molecule has 0 saturated heterocycles. The van der Waals surface area contributed by atoms with Crippen molar-refractivity contribution >= 4 is 22.8 Å². The zero-order valence-corrected chi connectivity index (χ0v) is 17.1. The fraction of sp³-hybridized carbons (Fsp3) is 0.0833. The maximum absolute atomic E-state index is 14.7. The molecule has 0 unspecified atom stereocenters. The summed E-state index contributed by atoms with van der Waals surface area (Å²) in [7, 11) is 0. The van der Waals surface area contributed by atoms with Crippen molar-refractivity contribution in [2.24, 2.45) is 0 Å². The molecule has 8 heteroatoms. The van der Waals surface area contributed by atoms with E-state index in [1.54, 1.807) is 29.1 Å². The lowest BCUT2D eigenvalue weighted by atomic mass is 10.1. The molecule has 3 aromatic heterocycles. The largest absolute Gasteiger partial charge is 0.383 e. The van der Waals surface area contributed by atoms with Gasteiger partial charge in [0.05, 0.1) is 29.9 Å². The van der Waals surface area contributed by atoms with E-state index in [-0.39, 0.29) is 0 Å². The molecule has 158 valence electrons. The van der Waals surface area contributed by atoms with Gasteiger partial charge in [0.15, 0.2) is 5.65 Å². The molecule has 32 heavy (non-hydrogen) atoms. The Morgan fingerprint density at radius 3 is 2.47 bits per heavy atom. The van der Waals surface area contributed by atoms with E-state index in [0.29, 0.717) is 47.1 Å². The van der Waals surface area contributed by atoms with Gasteiger partial charge in [-0.25, -0.2) is 14.1 Å². The van der Waals surface area contributed by atoms with Crippen LogP contribution in [0.4, 0.5) is 16.2 Å². The maximum Gasteiger partial charge on any atom is 0.225 e. The Morgan fingerprint density at radius 1 is 0.906 bits per heavy atom. The van der Waals surface area contributed by atoms with Crippen molar-refractivity contribution in [2.45, 2.75) is 13.1 Å². The molecule has 0 aliphatic rings. The van der Waals surface area contributed by atoms with Gasteiger partial charge in [0.1, 0.15) is 11.6 Å². The van der Waals surface area contributed by atoms with Crippen LogP contribution < -0.4 is 11.1 Å². The van der Waals surface area contributed by atoms with Crippen LogP contribution in [0, 0.1) is 5.82 Å². The minimum absolute atomic E-state index is 0.325. The second-order valence-corrected chi connectivity index (χ2v) is 7.28. The molecular weight excluding hydrogens is 405 g/mol. The molecule has 0 aliphatic carbocycles. The molecule has 0 aliphatic heterocycles. The molecule has 0 spiro atoms. The minimum Gasteiger partial charge on any atom is -0.383 e. The van der Waals surface area contributed by atoms with E-state index in [9.17, 15) is 4.39 Å². The molecule has 5 rings (SSSR count). The third-order valence-electron chi connectivity index (χ3n) is 5.10. The van der Waals surface area contributed by atoms with Gasteiger partial charge >= 0.3 is 0 Å². The highest BCUT2D eigenvalue weighted by Crippen LogP contribution is 2.33. The molecular formula is C24H20FN7. The first-order chi connectivity index (χ1) is 15.7. The number of aromatic nitrogens is 5. The zero-order chi connectivity index (χ0) is 21.9. The fourth-order valence-electron chi connectivity index (χ4n) is 3.53. The van der Waals surface area contributed by atoms with Crippen molar-refractivity contribution in [1.29, 1.82) is 0 Å². The van der Waals surface area contributed by atoms with Crippen LogP contribution in [-0.2, 0) is 13.1 Å². The Bertz CT molecular complexity index is 1370. The third kappa shape index (κ3) is 3.85. The van der Waals surface area contributed by atoms with Crippen LogP contribution in [0.3, 0.4) is 0 Å². The van der Waals surface area contributed by atoms with Crippen molar-refractivity contribution in [3.8, 4) is 11.3 Å². The predicted octanol–water partition coefficient (Wildman–Crippen LogP) is 4.27. The summed E-state index contributed by atoms with van der Waals surface area (Å²) in [6.07, 6.45) is 1.72. The summed E-state index contributed by atoms with van der Waals surface area (Å²) in [6, 6.07) is 22.0. The van der Waals surface area contributed by atoms with E-state index in [1.165, 1.54) is 6.07 Å². The number of nitrogen functional groups attached to an aromatic ring is 1. The molecule has 2 aromatic carbocycles. The highest BCUT2D eigenvalue weighted by atomic mass is 19.1. The number of hydrogen-bond donors (Lipinski definition) is 2. The van der Waals surface area contributed by atoms with Gasteiger partial charge in [0.25, 0.3) is 0 Å². The number of anilines is 2. The number of benzene rings is 2. The van der Waals surface area contributed by atoms with E-state index < -0.39 is 5.82 Å². The molecule has 0 atom stereocenters. The van der Waals surface area contributed by atoms with Crippen LogP contribution in [0.15, 0.2) is 79.0 Å². The highest BCUT2D eigenvalue weighted by Gasteiger charge is 2.20. The van der Waals surface area contributed by atoms with Gasteiger partial charge in [-0.3, -0.25) is 4.98 Å². The average molecular weight is 425 g/mol. The van der Waals surface area contributed by atoms with Gasteiger partial charge in [-0.1, -0.05) is 48.5 Å². The molecule has 3 N–H and O–H groups in total. The van der Waals surface area contributed by atoms with Crippen molar-refractivity contribution in [1.82, 2.24) is 24.7 Å². The Kier molecular flexibility index (Phi) is 5.17. The van der Waals surface area contributed by atoms with Crippen LogP contribution in [0.2, 0.25) is 0 Å². The number of halogens is 1. The molecule has 5 aromatic rings. The SMILES string of the molecule is Nc1c2c(-c3ccccc3F)nc(NCc3ccccn3)nc2nn1Cc1ccccc1. The number of nitrogens with zero attached hydrogens (tertiary/aromatic N) is 5. The normalized spacial score (nSPS) is 11.0. The summed E-state index contributed by atoms with van der Waals surface area (Å²) in [5.41, 5.74) is 9.47. The number of pyridine rings is 1. The lowest BCUT2D eigenvalue weighted by Gasteiger charge is -2.09. The maximum atomic E-state index is 14.7. The van der Waals surface area contributed by atoms with E-state index >= 15 is 0 Å². The summed E-state index contributed by atoms with van der Waals surface area (Å²) >= 11 is 0. The number of nitrogens with one attached hydrogen (secondary N) is 1. The highest BCUT2D eigenvalue weighted by molar-refractivity contribution is 5.99. The minimum atomic E-state index is -0.390. The lowest BCUT2D eigenvalue weighted by molar-refractivity contribution is 0.631. The first kappa shape index (κ1) is 19.6. The molecule has 3 heterocycles. The van der Waals surface area contributed by atoms with E-state index in [1.807, 2.05) is 48.5 Å². The molecule has 0 amide bonds. The Balaban J connectivity index is 1.61. The van der Waals surface area contributed by atoms with Gasteiger partial charge in [0.2, 0.25) is 5.95 Å². The molecule has 7 nitrogen and oxygen atoms in total. The smallest absolute Gasteiger partial charge is 0.225 e. The Hall–Kier alpha value is -4.33. The van der Waals surface area contributed by atoms with Crippen LogP contribution >= 0.6 is 0 Å². The summed E-state index contributed by atoms with van der Waals surface area (Å²) in [6.45, 7) is 0.889. The van der Waals surface area contributed by atoms with Crippen molar-refractivity contribution in [3.05, 3.63) is 96.1 Å². The average Bonchev–Trinajstić information content (AvgIpc) is 3.14. The van der Waals surface area contributed by atoms with Crippen LogP contribution in [0.5, 0.6) is 0 Å². The van der Waals surface area contributed by atoms with E-state index in [0.717, 1.165) is 11.3 Å². The second kappa shape index (κ2) is 8.43. The number of fused-ring (bicyclic) bond motifs is 1. The second-order valence-electron chi connectivity index (χ2n) is 7.28. The first-order valence-electron chi connectivity index (χ1n) is 10.2. The monoisotopic (exact) mass is 425 g/mol. The summed E-state index contributed by atoms with van der Waals surface area (Å²) in [5.74, 6) is 0.322. The Labute approximate surface area is 183 Å². The zero-order valence-electron chi connectivity index (χ0n) is 17.1. The van der Waals surface area contributed by atoms with Gasteiger partial charge in [-0.2, -0.15) is 4.98 Å². The molecule has 0 fully saturated rings. The van der Waals surface area contributed by atoms with Gasteiger partial charge in [-0.15, -0.1) is 5.10 Å². The van der Waals surface area contributed by atoms with Gasteiger partial charge in [0, 0.05) is 11.8 Å². The van der Waals surface area contributed by atoms with Crippen LogP contribution in [-0.4, -0.2) is 24.7 Å². The first-order valence-corrected chi connectivity index (χ1v) is 10.2. The number of hydrogen-bond acceptors (Lipinski definition) is 6. The summed E-state index contributed by atoms with van der Waals surface area (Å²) in [4.78, 5) is 13.4. The third-order valence-corrected chi connectivity index (χ3v) is 5.10. The summed E-state index contributed by atoms with van der Waals surface area (Å²) in [5, 5.41) is 8.29. The molecule has 0 bridgehead atoms. The Morgan fingerprint density at radius 2 is 1.69 bits per heavy atom. The predicted molar refractivity (Wildman–Crippen MR) is 122 cm³/mol. The van der Waals surface area contributed by atoms with Gasteiger partial charge in [-0.05, 0) is 29.8 Å². The van der Waals surface area contributed by atoms with Gasteiger partial charge < -0.3 is 11.1 Å². The van der Waals surface area contributed by atoms with Crippen molar-refractivity contribution in [3.63, 3.8) is 0 Å². The quantitative estimate of drug-likeness (QED) is 0.422. The fourth-order valence-corrected chi connectivity index (χ4v) is 3.53. The van der Waals surface area contributed by atoms with Crippen molar-refractivity contribution < 1.29 is 4.39 Å². The van der Waals surface area contributed by atoms with Crippen LogP contribution in [0.1, 0.15) is 11.3 Å². The van der Waals surface area contributed by atoms with E-state index in [4.69, 9.17) is 5.73 Å². The lowest BCUT2D eigenvalue weighted by Crippen LogP contribution is -2.06.